The summed E-state index contributed by atoms with van der Waals surface area (Å²) in [6.45, 7) is 5.80. The average molecular weight is 261 g/mol. The van der Waals surface area contributed by atoms with E-state index in [1.807, 2.05) is 18.2 Å². The van der Waals surface area contributed by atoms with Gasteiger partial charge in [0.05, 0.1) is 17.9 Å². The van der Waals surface area contributed by atoms with Crippen LogP contribution in [0.1, 0.15) is 26.7 Å². The van der Waals surface area contributed by atoms with Crippen molar-refractivity contribution in [3.05, 3.63) is 24.3 Å². The van der Waals surface area contributed by atoms with E-state index >= 15 is 0 Å². The molecule has 1 aliphatic carbocycles. The molecule has 19 heavy (non-hydrogen) atoms. The lowest BCUT2D eigenvalue weighted by atomic mass is 10.2. The third kappa shape index (κ3) is 4.24. The molecule has 0 bridgehead atoms. The molecule has 3 N–H and O–H groups in total. The summed E-state index contributed by atoms with van der Waals surface area (Å²) in [7, 11) is 0. The van der Waals surface area contributed by atoms with E-state index in [1.54, 1.807) is 6.07 Å². The van der Waals surface area contributed by atoms with Crippen molar-refractivity contribution in [2.45, 2.75) is 32.7 Å². The van der Waals surface area contributed by atoms with E-state index in [1.165, 1.54) is 12.8 Å². The highest BCUT2D eigenvalue weighted by Gasteiger charge is 2.30. The molecule has 2 rings (SSSR count). The second kappa shape index (κ2) is 6.06. The molecule has 1 aliphatic rings. The Morgan fingerprint density at radius 2 is 2.11 bits per heavy atom. The summed E-state index contributed by atoms with van der Waals surface area (Å²) < 4.78 is 0. The Labute approximate surface area is 115 Å². The highest BCUT2D eigenvalue weighted by Crippen LogP contribution is 2.27. The molecule has 0 radical (unpaired) electrons. The van der Waals surface area contributed by atoms with E-state index in [4.69, 9.17) is 5.73 Å². The van der Waals surface area contributed by atoms with Crippen LogP contribution in [0.15, 0.2) is 24.3 Å². The van der Waals surface area contributed by atoms with Crippen molar-refractivity contribution in [2.24, 2.45) is 5.92 Å². The van der Waals surface area contributed by atoms with Gasteiger partial charge in [-0.3, -0.25) is 9.69 Å². The largest absolute Gasteiger partial charge is 0.397 e. The van der Waals surface area contributed by atoms with Crippen LogP contribution in [-0.4, -0.2) is 29.9 Å². The quantitative estimate of drug-likeness (QED) is 0.773. The second-order valence-electron chi connectivity index (χ2n) is 5.69. The minimum atomic E-state index is 0.0189. The van der Waals surface area contributed by atoms with Crippen LogP contribution in [0, 0.1) is 5.92 Å². The highest BCUT2D eigenvalue weighted by molar-refractivity contribution is 5.95. The zero-order chi connectivity index (χ0) is 13.8. The average Bonchev–Trinajstić information content (AvgIpc) is 3.14. The van der Waals surface area contributed by atoms with Gasteiger partial charge >= 0.3 is 0 Å². The normalized spacial score (nSPS) is 14.9. The predicted molar refractivity (Wildman–Crippen MR) is 78.9 cm³/mol. The Bertz CT molecular complexity index is 441. The summed E-state index contributed by atoms with van der Waals surface area (Å²) in [6, 6.07) is 7.96. The number of amides is 1. The van der Waals surface area contributed by atoms with Crippen LogP contribution in [0.3, 0.4) is 0 Å². The first kappa shape index (κ1) is 13.9. The lowest BCUT2D eigenvalue weighted by molar-refractivity contribution is -0.117. The number of nitrogens with one attached hydrogen (secondary N) is 1. The van der Waals surface area contributed by atoms with Gasteiger partial charge in [-0.15, -0.1) is 0 Å². The van der Waals surface area contributed by atoms with Crippen LogP contribution in [0.25, 0.3) is 0 Å². The van der Waals surface area contributed by atoms with Crippen molar-refractivity contribution < 1.29 is 4.79 Å². The fourth-order valence-electron chi connectivity index (χ4n) is 2.24. The van der Waals surface area contributed by atoms with Crippen molar-refractivity contribution in [2.75, 3.05) is 24.1 Å². The lowest BCUT2D eigenvalue weighted by Gasteiger charge is -2.23. The monoisotopic (exact) mass is 261 g/mol. The third-order valence-electron chi connectivity index (χ3n) is 3.24. The molecule has 1 saturated carbocycles. The molecule has 0 aromatic heterocycles. The summed E-state index contributed by atoms with van der Waals surface area (Å²) in [6.07, 6.45) is 2.43. The molecular formula is C15H23N3O. The minimum absolute atomic E-state index is 0.0189. The maximum Gasteiger partial charge on any atom is 0.238 e. The number of nitrogens with zero attached hydrogens (tertiary/aromatic N) is 1. The molecule has 1 amide bonds. The number of anilines is 2. The van der Waals surface area contributed by atoms with Crippen molar-refractivity contribution in [3.8, 4) is 0 Å². The molecule has 0 unspecified atom stereocenters. The zero-order valence-electron chi connectivity index (χ0n) is 11.7. The van der Waals surface area contributed by atoms with Gasteiger partial charge in [0, 0.05) is 12.6 Å². The van der Waals surface area contributed by atoms with E-state index in [9.17, 15) is 4.79 Å². The molecule has 0 heterocycles. The number of hydrogen-bond acceptors (Lipinski definition) is 3. The van der Waals surface area contributed by atoms with Crippen molar-refractivity contribution in [3.63, 3.8) is 0 Å². The standard InChI is InChI=1S/C15H23N3O/c1-11(2)9-18(12-7-8-12)10-15(19)17-14-6-4-3-5-13(14)16/h3-6,11-12H,7-10,16H2,1-2H3,(H,17,19). The summed E-state index contributed by atoms with van der Waals surface area (Å²) >= 11 is 0. The Hall–Kier alpha value is -1.55. The van der Waals surface area contributed by atoms with Crippen LogP contribution >= 0.6 is 0 Å². The van der Waals surface area contributed by atoms with E-state index in [-0.39, 0.29) is 5.91 Å². The second-order valence-corrected chi connectivity index (χ2v) is 5.69. The van der Waals surface area contributed by atoms with E-state index < -0.39 is 0 Å². The van der Waals surface area contributed by atoms with Gasteiger partial charge in [-0.25, -0.2) is 0 Å². The highest BCUT2D eigenvalue weighted by atomic mass is 16.2. The van der Waals surface area contributed by atoms with Gasteiger partial charge in [0.2, 0.25) is 5.91 Å². The molecule has 0 saturated heterocycles. The third-order valence-corrected chi connectivity index (χ3v) is 3.24. The van der Waals surface area contributed by atoms with Crippen molar-refractivity contribution in [1.82, 2.24) is 4.90 Å². The molecular weight excluding hydrogens is 238 g/mol. The number of rotatable bonds is 6. The molecule has 1 aromatic carbocycles. The van der Waals surface area contributed by atoms with Gasteiger partial charge in [0.15, 0.2) is 0 Å². The first-order valence-corrected chi connectivity index (χ1v) is 6.94. The number of nitrogens with two attached hydrogens (primary N) is 1. The molecule has 1 fully saturated rings. The summed E-state index contributed by atoms with van der Waals surface area (Å²) in [5.74, 6) is 0.598. The number of hydrogen-bond donors (Lipinski definition) is 2. The fourth-order valence-corrected chi connectivity index (χ4v) is 2.24. The van der Waals surface area contributed by atoms with Crippen LogP contribution in [-0.2, 0) is 4.79 Å². The number of nitrogen functional groups attached to an aromatic ring is 1. The number of para-hydroxylation sites is 2. The molecule has 4 nitrogen and oxygen atoms in total. The maximum absolute atomic E-state index is 12.1. The summed E-state index contributed by atoms with van der Waals surface area (Å²) in [5, 5.41) is 2.89. The van der Waals surface area contributed by atoms with E-state index in [2.05, 4.69) is 24.1 Å². The summed E-state index contributed by atoms with van der Waals surface area (Å²) in [5.41, 5.74) is 7.13. The zero-order valence-corrected chi connectivity index (χ0v) is 11.7. The molecule has 0 aliphatic heterocycles. The number of benzene rings is 1. The molecule has 104 valence electrons. The molecule has 0 atom stereocenters. The Morgan fingerprint density at radius 3 is 2.68 bits per heavy atom. The van der Waals surface area contributed by atoms with Gasteiger partial charge in [-0.1, -0.05) is 26.0 Å². The Morgan fingerprint density at radius 1 is 1.42 bits per heavy atom. The smallest absolute Gasteiger partial charge is 0.238 e. The van der Waals surface area contributed by atoms with Crippen molar-refractivity contribution >= 4 is 17.3 Å². The first-order chi connectivity index (χ1) is 9.06. The SMILES string of the molecule is CC(C)CN(CC(=O)Nc1ccccc1N)C1CC1. The van der Waals surface area contributed by atoms with Crippen LogP contribution in [0.5, 0.6) is 0 Å². The minimum Gasteiger partial charge on any atom is -0.397 e. The molecule has 0 spiro atoms. The first-order valence-electron chi connectivity index (χ1n) is 6.94. The number of carbonyl (C=O) groups is 1. The van der Waals surface area contributed by atoms with Gasteiger partial charge in [0.1, 0.15) is 0 Å². The van der Waals surface area contributed by atoms with Crippen molar-refractivity contribution in [1.29, 1.82) is 0 Å². The van der Waals surface area contributed by atoms with Crippen LogP contribution < -0.4 is 11.1 Å². The molecule has 1 aromatic rings. The summed E-state index contributed by atoms with van der Waals surface area (Å²) in [4.78, 5) is 14.4. The van der Waals surface area contributed by atoms with Gasteiger partial charge in [0.25, 0.3) is 0 Å². The van der Waals surface area contributed by atoms with Gasteiger partial charge in [-0.05, 0) is 30.9 Å². The van der Waals surface area contributed by atoms with Crippen LogP contribution in [0.4, 0.5) is 11.4 Å². The number of carbonyl (C=O) groups excluding carboxylic acids is 1. The predicted octanol–water partition coefficient (Wildman–Crippen LogP) is 2.33. The van der Waals surface area contributed by atoms with E-state index in [0.717, 1.165) is 6.54 Å². The lowest BCUT2D eigenvalue weighted by Crippen LogP contribution is -2.37. The fraction of sp³-hybridized carbons (Fsp3) is 0.533. The Balaban J connectivity index is 1.90. The maximum atomic E-state index is 12.1. The molecule has 4 heteroatoms. The van der Waals surface area contributed by atoms with Gasteiger partial charge < -0.3 is 11.1 Å². The topological polar surface area (TPSA) is 58.4 Å². The Kier molecular flexibility index (Phi) is 4.43. The van der Waals surface area contributed by atoms with Gasteiger partial charge in [-0.2, -0.15) is 0 Å². The van der Waals surface area contributed by atoms with Crippen LogP contribution in [0.2, 0.25) is 0 Å². The van der Waals surface area contributed by atoms with E-state index in [0.29, 0.717) is 29.9 Å².